The van der Waals surface area contributed by atoms with Gasteiger partial charge in [-0.2, -0.15) is 0 Å². The summed E-state index contributed by atoms with van der Waals surface area (Å²) in [5, 5.41) is 6.26. The van der Waals surface area contributed by atoms with Crippen LogP contribution in [0.1, 0.15) is 12.0 Å². The number of hydrogen-bond acceptors (Lipinski definition) is 3. The Labute approximate surface area is 161 Å². The quantitative estimate of drug-likeness (QED) is 0.363. The van der Waals surface area contributed by atoms with Crippen molar-refractivity contribution >= 4 is 55.7 Å². The van der Waals surface area contributed by atoms with E-state index in [0.717, 1.165) is 5.56 Å². The molecule has 23 heavy (non-hydrogen) atoms. The summed E-state index contributed by atoms with van der Waals surface area (Å²) in [6.45, 7) is 0.622. The van der Waals surface area contributed by atoms with Crippen molar-refractivity contribution in [2.75, 3.05) is 25.1 Å². The Morgan fingerprint density at radius 3 is 2.78 bits per heavy atom. The highest BCUT2D eigenvalue weighted by molar-refractivity contribution is 14.0. The molecule has 1 saturated heterocycles. The molecule has 1 unspecified atom stereocenters. The molecule has 0 radical (unpaired) electrons. The van der Waals surface area contributed by atoms with E-state index in [1.165, 1.54) is 6.07 Å². The molecule has 1 aromatic carbocycles. The van der Waals surface area contributed by atoms with Gasteiger partial charge in [-0.25, -0.2) is 12.8 Å². The van der Waals surface area contributed by atoms with Crippen molar-refractivity contribution in [1.29, 1.82) is 0 Å². The van der Waals surface area contributed by atoms with E-state index in [1.807, 2.05) is 0 Å². The summed E-state index contributed by atoms with van der Waals surface area (Å²) in [5.41, 5.74) is 1.000. The van der Waals surface area contributed by atoms with Crippen molar-refractivity contribution in [3.05, 3.63) is 34.1 Å². The first-order valence-corrected chi connectivity index (χ1v) is 9.62. The topological polar surface area (TPSA) is 70.6 Å². The van der Waals surface area contributed by atoms with Crippen LogP contribution in [0.25, 0.3) is 0 Å². The molecule has 1 fully saturated rings. The monoisotopic (exact) mass is 519 g/mol. The van der Waals surface area contributed by atoms with Crippen LogP contribution >= 0.6 is 39.9 Å². The Kier molecular flexibility index (Phi) is 8.22. The minimum atomic E-state index is -2.91. The van der Waals surface area contributed by atoms with Gasteiger partial charge in [0.15, 0.2) is 15.8 Å². The van der Waals surface area contributed by atoms with Gasteiger partial charge in [0.25, 0.3) is 0 Å². The Bertz CT molecular complexity index is 670. The molecule has 1 aromatic rings. The summed E-state index contributed by atoms with van der Waals surface area (Å²) in [5.74, 6) is 0.684. The third-order valence-electron chi connectivity index (χ3n) is 3.49. The maximum atomic E-state index is 13.2. The number of benzene rings is 1. The Balaban J connectivity index is 0.00000264. The van der Waals surface area contributed by atoms with Crippen LogP contribution < -0.4 is 10.6 Å². The van der Waals surface area contributed by atoms with Gasteiger partial charge in [0.1, 0.15) is 5.82 Å². The van der Waals surface area contributed by atoms with Crippen LogP contribution in [-0.2, 0) is 16.3 Å². The van der Waals surface area contributed by atoms with Gasteiger partial charge in [-0.05, 0) is 46.5 Å². The van der Waals surface area contributed by atoms with Crippen LogP contribution in [0.4, 0.5) is 4.39 Å². The molecular weight excluding hydrogens is 500 g/mol. The highest BCUT2D eigenvalue weighted by atomic mass is 127. The lowest BCUT2D eigenvalue weighted by atomic mass is 10.1. The number of halogens is 3. The molecule has 0 aliphatic carbocycles. The fourth-order valence-corrected chi connectivity index (χ4v) is 4.42. The van der Waals surface area contributed by atoms with Gasteiger partial charge in [-0.3, -0.25) is 4.99 Å². The minimum absolute atomic E-state index is 0. The smallest absolute Gasteiger partial charge is 0.191 e. The number of sulfone groups is 1. The number of guanidine groups is 1. The summed E-state index contributed by atoms with van der Waals surface area (Å²) in [7, 11) is -1.26. The lowest BCUT2D eigenvalue weighted by Gasteiger charge is -2.16. The number of rotatable bonds is 4. The summed E-state index contributed by atoms with van der Waals surface area (Å²) >= 11 is 3.16. The zero-order valence-corrected chi connectivity index (χ0v) is 17.4. The number of nitrogens with one attached hydrogen (secondary N) is 2. The minimum Gasteiger partial charge on any atom is -0.356 e. The van der Waals surface area contributed by atoms with Crippen molar-refractivity contribution in [2.45, 2.75) is 18.9 Å². The van der Waals surface area contributed by atoms with Gasteiger partial charge in [-0.15, -0.1) is 24.0 Å². The van der Waals surface area contributed by atoms with E-state index in [2.05, 4.69) is 31.6 Å². The number of nitrogens with zero attached hydrogens (tertiary/aromatic N) is 1. The highest BCUT2D eigenvalue weighted by Gasteiger charge is 2.28. The van der Waals surface area contributed by atoms with Gasteiger partial charge in [0.2, 0.25) is 0 Å². The molecule has 0 bridgehead atoms. The van der Waals surface area contributed by atoms with Gasteiger partial charge in [-0.1, -0.05) is 6.07 Å². The zero-order valence-electron chi connectivity index (χ0n) is 12.7. The maximum Gasteiger partial charge on any atom is 0.191 e. The summed E-state index contributed by atoms with van der Waals surface area (Å²) in [4.78, 5) is 4.09. The van der Waals surface area contributed by atoms with Gasteiger partial charge < -0.3 is 10.6 Å². The maximum absolute atomic E-state index is 13.2. The van der Waals surface area contributed by atoms with Crippen molar-refractivity contribution in [1.82, 2.24) is 10.6 Å². The largest absolute Gasteiger partial charge is 0.356 e. The van der Waals surface area contributed by atoms with Crippen molar-refractivity contribution in [3.63, 3.8) is 0 Å². The summed E-state index contributed by atoms with van der Waals surface area (Å²) < 4.78 is 36.5. The summed E-state index contributed by atoms with van der Waals surface area (Å²) in [6, 6.07) is 4.82. The first kappa shape index (κ1) is 20.6. The third-order valence-corrected chi connectivity index (χ3v) is 5.86. The fraction of sp³-hybridized carbons (Fsp3) is 0.500. The molecule has 5 nitrogen and oxygen atoms in total. The van der Waals surface area contributed by atoms with Gasteiger partial charge in [0, 0.05) is 19.6 Å². The number of hydrogen-bond donors (Lipinski definition) is 2. The van der Waals surface area contributed by atoms with E-state index in [-0.39, 0.29) is 47.3 Å². The average Bonchev–Trinajstić information content (AvgIpc) is 2.80. The lowest BCUT2D eigenvalue weighted by Crippen LogP contribution is -2.44. The normalized spacial score (nSPS) is 20.0. The molecule has 0 amide bonds. The van der Waals surface area contributed by atoms with Gasteiger partial charge >= 0.3 is 0 Å². The molecule has 0 spiro atoms. The fourth-order valence-electron chi connectivity index (χ4n) is 2.32. The Morgan fingerprint density at radius 2 is 2.22 bits per heavy atom. The van der Waals surface area contributed by atoms with Crippen molar-refractivity contribution in [2.24, 2.45) is 4.99 Å². The summed E-state index contributed by atoms with van der Waals surface area (Å²) in [6.07, 6.45) is 1.32. The van der Waals surface area contributed by atoms with Crippen LogP contribution in [-0.4, -0.2) is 45.5 Å². The van der Waals surface area contributed by atoms with Gasteiger partial charge in [0.05, 0.1) is 16.0 Å². The molecule has 1 heterocycles. The second-order valence-electron chi connectivity index (χ2n) is 5.24. The van der Waals surface area contributed by atoms with Crippen LogP contribution in [0.5, 0.6) is 0 Å². The van der Waals surface area contributed by atoms with E-state index in [9.17, 15) is 12.8 Å². The molecule has 1 aliphatic rings. The van der Waals surface area contributed by atoms with E-state index in [0.29, 0.717) is 29.8 Å². The average molecular weight is 520 g/mol. The standard InChI is InChI=1S/C14H19BrFN3O2S.HI/c1-17-14(19-11-5-7-22(20,21)9-11)18-6-4-10-2-3-13(16)12(15)8-10;/h2-3,8,11H,4-7,9H2,1H3,(H2,17,18,19);1H. The van der Waals surface area contributed by atoms with E-state index >= 15 is 0 Å². The van der Waals surface area contributed by atoms with Crippen molar-refractivity contribution < 1.29 is 12.8 Å². The molecule has 9 heteroatoms. The molecule has 130 valence electrons. The van der Waals surface area contributed by atoms with E-state index in [4.69, 9.17) is 0 Å². The van der Waals surface area contributed by atoms with E-state index in [1.54, 1.807) is 19.2 Å². The second kappa shape index (κ2) is 9.16. The van der Waals surface area contributed by atoms with E-state index < -0.39 is 9.84 Å². The lowest BCUT2D eigenvalue weighted by molar-refractivity contribution is 0.599. The molecule has 0 aromatic heterocycles. The zero-order chi connectivity index (χ0) is 16.2. The predicted molar refractivity (Wildman–Crippen MR) is 105 cm³/mol. The first-order chi connectivity index (χ1) is 10.4. The molecular formula is C14H20BrFIN3O2S. The first-order valence-electron chi connectivity index (χ1n) is 7.01. The Morgan fingerprint density at radius 1 is 1.48 bits per heavy atom. The molecule has 2 rings (SSSR count). The second-order valence-corrected chi connectivity index (χ2v) is 8.32. The predicted octanol–water partition coefficient (Wildman–Crippen LogP) is 2.10. The highest BCUT2D eigenvalue weighted by Crippen LogP contribution is 2.17. The molecule has 2 N–H and O–H groups in total. The SMILES string of the molecule is CN=C(NCCc1ccc(F)c(Br)c1)NC1CCS(=O)(=O)C1.I. The van der Waals surface area contributed by atoms with Crippen LogP contribution in [0, 0.1) is 5.82 Å². The Hall–Kier alpha value is -0.420. The third kappa shape index (κ3) is 6.54. The van der Waals surface area contributed by atoms with Crippen LogP contribution in [0.3, 0.4) is 0 Å². The van der Waals surface area contributed by atoms with Crippen molar-refractivity contribution in [3.8, 4) is 0 Å². The van der Waals surface area contributed by atoms with Crippen LogP contribution in [0.2, 0.25) is 0 Å². The van der Waals surface area contributed by atoms with Crippen LogP contribution in [0.15, 0.2) is 27.7 Å². The molecule has 1 aliphatic heterocycles. The molecule has 1 atom stereocenters. The number of aliphatic imine (C=N–C) groups is 1. The molecule has 0 saturated carbocycles.